The molecule has 0 N–H and O–H groups in total. The van der Waals surface area contributed by atoms with Crippen LogP contribution in [0.3, 0.4) is 0 Å². The van der Waals surface area contributed by atoms with Crippen LogP contribution in [0.1, 0.15) is 49.1 Å². The molecule has 0 aromatic carbocycles. The van der Waals surface area contributed by atoms with Crippen molar-refractivity contribution in [2.75, 3.05) is 26.2 Å². The van der Waals surface area contributed by atoms with Crippen LogP contribution in [-0.4, -0.2) is 47.2 Å². The van der Waals surface area contributed by atoms with Crippen molar-refractivity contribution in [2.24, 2.45) is 0 Å². The van der Waals surface area contributed by atoms with Gasteiger partial charge in [0.05, 0.1) is 5.69 Å². The number of hydrogen-bond acceptors (Lipinski definition) is 4. The van der Waals surface area contributed by atoms with E-state index in [1.165, 1.54) is 63.8 Å². The summed E-state index contributed by atoms with van der Waals surface area (Å²) in [5, 5.41) is 4.06. The Morgan fingerprint density at radius 2 is 1.75 bits per heavy atom. The summed E-state index contributed by atoms with van der Waals surface area (Å²) < 4.78 is 5.27. The zero-order valence-electron chi connectivity index (χ0n) is 12.9. The molecule has 1 aromatic heterocycles. The molecule has 2 fully saturated rings. The lowest BCUT2D eigenvalue weighted by Gasteiger charge is -2.40. The van der Waals surface area contributed by atoms with Crippen LogP contribution in [0.5, 0.6) is 0 Å². The molecule has 4 heteroatoms. The molecular weight excluding hydrogens is 250 g/mol. The minimum absolute atomic E-state index is 0.866. The molecule has 20 heavy (non-hydrogen) atoms. The lowest BCUT2D eigenvalue weighted by atomic mass is 9.94. The lowest BCUT2D eigenvalue weighted by Crippen LogP contribution is -2.50. The van der Waals surface area contributed by atoms with E-state index in [1.54, 1.807) is 0 Å². The normalized spacial score (nSPS) is 23.3. The zero-order chi connectivity index (χ0) is 13.9. The Balaban J connectivity index is 1.51. The Morgan fingerprint density at radius 3 is 2.35 bits per heavy atom. The van der Waals surface area contributed by atoms with Crippen molar-refractivity contribution < 1.29 is 4.52 Å². The van der Waals surface area contributed by atoms with Crippen molar-refractivity contribution >= 4 is 0 Å². The van der Waals surface area contributed by atoms with Gasteiger partial charge >= 0.3 is 0 Å². The van der Waals surface area contributed by atoms with E-state index in [4.69, 9.17) is 4.52 Å². The van der Waals surface area contributed by atoms with Crippen LogP contribution >= 0.6 is 0 Å². The second-order valence-electron chi connectivity index (χ2n) is 6.41. The van der Waals surface area contributed by atoms with Gasteiger partial charge in [0.1, 0.15) is 5.76 Å². The summed E-state index contributed by atoms with van der Waals surface area (Å²) in [5.74, 6) is 0.984. The van der Waals surface area contributed by atoms with E-state index in [0.717, 1.165) is 24.0 Å². The maximum Gasteiger partial charge on any atom is 0.138 e. The van der Waals surface area contributed by atoms with Crippen molar-refractivity contribution in [1.29, 1.82) is 0 Å². The van der Waals surface area contributed by atoms with Gasteiger partial charge in [-0.2, -0.15) is 0 Å². The molecule has 1 aliphatic heterocycles. The van der Waals surface area contributed by atoms with Crippen LogP contribution in [0.25, 0.3) is 0 Å². The fourth-order valence-electron chi connectivity index (χ4n) is 3.68. The minimum atomic E-state index is 0.866. The smallest absolute Gasteiger partial charge is 0.138 e. The summed E-state index contributed by atoms with van der Waals surface area (Å²) in [5.41, 5.74) is 2.34. The molecule has 2 heterocycles. The molecule has 1 saturated heterocycles. The SMILES string of the molecule is Cc1noc(C)c1CN1CCN(C2CCCCC2)CC1. The number of aryl methyl sites for hydroxylation is 2. The minimum Gasteiger partial charge on any atom is -0.361 e. The van der Waals surface area contributed by atoms with Gasteiger partial charge in [-0.25, -0.2) is 0 Å². The molecule has 0 atom stereocenters. The maximum atomic E-state index is 5.27. The number of rotatable bonds is 3. The van der Waals surface area contributed by atoms with Crippen molar-refractivity contribution in [1.82, 2.24) is 15.0 Å². The molecule has 0 amide bonds. The van der Waals surface area contributed by atoms with Crippen LogP contribution in [0.4, 0.5) is 0 Å². The van der Waals surface area contributed by atoms with Crippen LogP contribution < -0.4 is 0 Å². The van der Waals surface area contributed by atoms with Crippen LogP contribution in [0.2, 0.25) is 0 Å². The van der Waals surface area contributed by atoms with Gasteiger partial charge in [-0.05, 0) is 26.7 Å². The van der Waals surface area contributed by atoms with Gasteiger partial charge in [-0.1, -0.05) is 24.4 Å². The third-order valence-electron chi connectivity index (χ3n) is 5.06. The molecule has 1 aromatic rings. The van der Waals surface area contributed by atoms with Crippen LogP contribution in [-0.2, 0) is 6.54 Å². The van der Waals surface area contributed by atoms with Gasteiger partial charge in [0, 0.05) is 44.3 Å². The molecule has 0 bridgehead atoms. The average molecular weight is 277 g/mol. The summed E-state index contributed by atoms with van der Waals surface area (Å²) >= 11 is 0. The summed E-state index contributed by atoms with van der Waals surface area (Å²) in [4.78, 5) is 5.27. The highest BCUT2D eigenvalue weighted by atomic mass is 16.5. The predicted molar refractivity (Wildman–Crippen MR) is 79.7 cm³/mol. The third kappa shape index (κ3) is 3.07. The van der Waals surface area contributed by atoms with E-state index in [0.29, 0.717) is 0 Å². The largest absolute Gasteiger partial charge is 0.361 e. The molecular formula is C16H27N3O. The summed E-state index contributed by atoms with van der Waals surface area (Å²) in [6.07, 6.45) is 7.16. The van der Waals surface area contributed by atoms with E-state index in [9.17, 15) is 0 Å². The molecule has 3 rings (SSSR count). The summed E-state index contributed by atoms with van der Waals surface area (Å²) in [7, 11) is 0. The lowest BCUT2D eigenvalue weighted by molar-refractivity contribution is 0.0752. The first-order valence-corrected chi connectivity index (χ1v) is 8.12. The Bertz CT molecular complexity index is 409. The first-order chi connectivity index (χ1) is 9.74. The second kappa shape index (κ2) is 6.27. The average Bonchev–Trinajstić information content (AvgIpc) is 2.81. The van der Waals surface area contributed by atoms with E-state index < -0.39 is 0 Å². The van der Waals surface area contributed by atoms with Crippen molar-refractivity contribution in [2.45, 2.75) is 58.5 Å². The number of hydrogen-bond donors (Lipinski definition) is 0. The molecule has 0 unspecified atom stereocenters. The maximum absolute atomic E-state index is 5.27. The van der Waals surface area contributed by atoms with Gasteiger partial charge in [0.15, 0.2) is 0 Å². The van der Waals surface area contributed by atoms with Crippen LogP contribution in [0.15, 0.2) is 4.52 Å². The van der Waals surface area contributed by atoms with E-state index in [2.05, 4.69) is 15.0 Å². The third-order valence-corrected chi connectivity index (χ3v) is 5.06. The number of nitrogens with zero attached hydrogens (tertiary/aromatic N) is 3. The monoisotopic (exact) mass is 277 g/mol. The Hall–Kier alpha value is -0.870. The highest BCUT2D eigenvalue weighted by Gasteiger charge is 2.25. The first kappa shape index (κ1) is 14.1. The van der Waals surface area contributed by atoms with Gasteiger partial charge in [0.25, 0.3) is 0 Å². The Kier molecular flexibility index (Phi) is 4.41. The van der Waals surface area contributed by atoms with E-state index in [1.807, 2.05) is 13.8 Å². The Labute approximate surface area is 122 Å². The summed E-state index contributed by atoms with van der Waals surface area (Å²) in [6.45, 7) is 9.89. The fourth-order valence-corrected chi connectivity index (χ4v) is 3.68. The quantitative estimate of drug-likeness (QED) is 0.850. The molecule has 1 saturated carbocycles. The van der Waals surface area contributed by atoms with Crippen molar-refractivity contribution in [3.8, 4) is 0 Å². The Morgan fingerprint density at radius 1 is 1.05 bits per heavy atom. The fraction of sp³-hybridized carbons (Fsp3) is 0.812. The first-order valence-electron chi connectivity index (χ1n) is 8.12. The van der Waals surface area contributed by atoms with E-state index >= 15 is 0 Å². The van der Waals surface area contributed by atoms with Crippen molar-refractivity contribution in [3.05, 3.63) is 17.0 Å². The topological polar surface area (TPSA) is 32.5 Å². The number of aromatic nitrogens is 1. The second-order valence-corrected chi connectivity index (χ2v) is 6.41. The summed E-state index contributed by atoms with van der Waals surface area (Å²) in [6, 6.07) is 0.866. The van der Waals surface area contributed by atoms with Gasteiger partial charge < -0.3 is 4.52 Å². The van der Waals surface area contributed by atoms with E-state index in [-0.39, 0.29) is 0 Å². The predicted octanol–water partition coefficient (Wildman–Crippen LogP) is 2.74. The van der Waals surface area contributed by atoms with Gasteiger partial charge in [0.2, 0.25) is 0 Å². The highest BCUT2D eigenvalue weighted by Crippen LogP contribution is 2.24. The highest BCUT2D eigenvalue weighted by molar-refractivity contribution is 5.20. The molecule has 0 radical (unpaired) electrons. The molecule has 1 aliphatic carbocycles. The van der Waals surface area contributed by atoms with Gasteiger partial charge in [-0.15, -0.1) is 0 Å². The van der Waals surface area contributed by atoms with Crippen LogP contribution in [0, 0.1) is 13.8 Å². The van der Waals surface area contributed by atoms with Crippen molar-refractivity contribution in [3.63, 3.8) is 0 Å². The molecule has 0 spiro atoms. The van der Waals surface area contributed by atoms with Gasteiger partial charge in [-0.3, -0.25) is 9.80 Å². The zero-order valence-corrected chi connectivity index (χ0v) is 12.9. The molecule has 112 valence electrons. The molecule has 4 nitrogen and oxygen atoms in total. The number of piperazine rings is 1. The molecule has 2 aliphatic rings. The standard InChI is InChI=1S/C16H27N3O/c1-13-16(14(2)20-17-13)12-18-8-10-19(11-9-18)15-6-4-3-5-7-15/h15H,3-12H2,1-2H3.